The number of ether oxygens (including phenoxy) is 4. The van der Waals surface area contributed by atoms with Crippen LogP contribution in [0.15, 0.2) is 42.5 Å². The van der Waals surface area contributed by atoms with Crippen LogP contribution < -0.4 is 19.5 Å². The van der Waals surface area contributed by atoms with E-state index in [1.54, 1.807) is 31.2 Å². The Morgan fingerprint density at radius 3 is 2.06 bits per heavy atom. The highest BCUT2D eigenvalue weighted by molar-refractivity contribution is 5.90. The Bertz CT molecular complexity index is 917. The van der Waals surface area contributed by atoms with Crippen molar-refractivity contribution in [1.82, 2.24) is 5.32 Å². The molecule has 0 saturated carbocycles. The molecule has 0 aliphatic rings. The van der Waals surface area contributed by atoms with Crippen molar-refractivity contribution in [3.63, 3.8) is 0 Å². The molecule has 2 aromatic rings. The van der Waals surface area contributed by atoms with Crippen LogP contribution >= 0.6 is 0 Å². The first-order valence-corrected chi connectivity index (χ1v) is 9.53. The minimum absolute atomic E-state index is 0.358. The number of hydrogen-bond acceptors (Lipinski definition) is 6. The van der Waals surface area contributed by atoms with E-state index in [0.29, 0.717) is 22.8 Å². The molecule has 0 aromatic heterocycles. The van der Waals surface area contributed by atoms with E-state index in [2.05, 4.69) is 5.32 Å². The Morgan fingerprint density at radius 1 is 0.968 bits per heavy atom. The number of hydrogen-bond donors (Lipinski definition) is 1. The Kier molecular flexibility index (Phi) is 8.43. The van der Waals surface area contributed by atoms with Crippen molar-refractivity contribution >= 4 is 18.0 Å². The van der Waals surface area contributed by atoms with Crippen molar-refractivity contribution in [1.29, 1.82) is 0 Å². The van der Waals surface area contributed by atoms with Crippen LogP contribution in [-0.4, -0.2) is 39.3 Å². The smallest absolute Gasteiger partial charge is 0.331 e. The molecule has 0 radical (unpaired) electrons. The van der Waals surface area contributed by atoms with Crippen LogP contribution in [0.25, 0.3) is 6.08 Å². The van der Waals surface area contributed by atoms with E-state index >= 15 is 0 Å². The molecule has 1 amide bonds. The van der Waals surface area contributed by atoms with Gasteiger partial charge >= 0.3 is 5.97 Å². The number of rotatable bonds is 9. The van der Waals surface area contributed by atoms with Crippen molar-refractivity contribution in [2.24, 2.45) is 0 Å². The molecule has 2 rings (SSSR count). The van der Waals surface area contributed by atoms with Gasteiger partial charge in [-0.15, -0.1) is 0 Å². The van der Waals surface area contributed by atoms with Crippen LogP contribution in [-0.2, 0) is 14.3 Å². The zero-order valence-corrected chi connectivity index (χ0v) is 18.1. The number of amides is 1. The predicted molar refractivity (Wildman–Crippen MR) is 114 cm³/mol. The van der Waals surface area contributed by atoms with Crippen LogP contribution in [0.2, 0.25) is 0 Å². The number of benzene rings is 2. The van der Waals surface area contributed by atoms with Crippen LogP contribution in [0, 0.1) is 5.82 Å². The van der Waals surface area contributed by atoms with E-state index in [0.717, 1.165) is 5.56 Å². The second-order valence-electron chi connectivity index (χ2n) is 6.65. The second-order valence-corrected chi connectivity index (χ2v) is 6.65. The van der Waals surface area contributed by atoms with Gasteiger partial charge < -0.3 is 24.3 Å². The van der Waals surface area contributed by atoms with Gasteiger partial charge in [0, 0.05) is 6.08 Å². The monoisotopic (exact) mass is 431 g/mol. The van der Waals surface area contributed by atoms with Crippen molar-refractivity contribution in [3.8, 4) is 17.2 Å². The molecule has 0 aliphatic heterocycles. The van der Waals surface area contributed by atoms with E-state index in [1.807, 2.05) is 0 Å². The maximum absolute atomic E-state index is 13.0. The number of halogens is 1. The summed E-state index contributed by atoms with van der Waals surface area (Å²) in [5, 5.41) is 2.73. The standard InChI is InChI=1S/C23H26FNO6/c1-14(17-7-9-18(24)10-8-17)25-23(27)15(2)31-21(26)11-6-16-12-19(28-3)22(30-5)20(13-16)29-4/h6-15H,1-5H3,(H,25,27)/b11-6+. The number of carbonyl (C=O) groups excluding carboxylic acids is 2. The summed E-state index contributed by atoms with van der Waals surface area (Å²) in [5.41, 5.74) is 1.35. The van der Waals surface area contributed by atoms with Crippen molar-refractivity contribution in [2.45, 2.75) is 26.0 Å². The van der Waals surface area contributed by atoms with Crippen molar-refractivity contribution in [3.05, 3.63) is 59.4 Å². The summed E-state index contributed by atoms with van der Waals surface area (Å²) in [6.45, 7) is 3.22. The molecule has 0 saturated heterocycles. The van der Waals surface area contributed by atoms with Crippen LogP contribution in [0.4, 0.5) is 4.39 Å². The maximum atomic E-state index is 13.0. The molecule has 2 unspecified atom stereocenters. The van der Waals surface area contributed by atoms with Gasteiger partial charge in [-0.2, -0.15) is 0 Å². The highest BCUT2D eigenvalue weighted by Crippen LogP contribution is 2.38. The van der Waals surface area contributed by atoms with Gasteiger partial charge in [-0.3, -0.25) is 4.79 Å². The van der Waals surface area contributed by atoms with Crippen molar-refractivity contribution < 1.29 is 32.9 Å². The minimum Gasteiger partial charge on any atom is -0.493 e. The topological polar surface area (TPSA) is 83.1 Å². The van der Waals surface area contributed by atoms with Gasteiger partial charge in [0.05, 0.1) is 27.4 Å². The Labute approximate surface area is 180 Å². The van der Waals surface area contributed by atoms with E-state index in [1.165, 1.54) is 52.5 Å². The number of methoxy groups -OCH3 is 3. The van der Waals surface area contributed by atoms with Gasteiger partial charge in [0.2, 0.25) is 5.75 Å². The molecule has 7 nitrogen and oxygen atoms in total. The summed E-state index contributed by atoms with van der Waals surface area (Å²) in [6, 6.07) is 8.76. The van der Waals surface area contributed by atoms with Crippen LogP contribution in [0.3, 0.4) is 0 Å². The van der Waals surface area contributed by atoms with E-state index in [4.69, 9.17) is 18.9 Å². The largest absolute Gasteiger partial charge is 0.493 e. The molecule has 31 heavy (non-hydrogen) atoms. The summed E-state index contributed by atoms with van der Waals surface area (Å²) in [7, 11) is 4.48. The second kappa shape index (κ2) is 11.0. The third-order valence-corrected chi connectivity index (χ3v) is 4.49. The van der Waals surface area contributed by atoms with E-state index in [-0.39, 0.29) is 11.9 Å². The highest BCUT2D eigenvalue weighted by Gasteiger charge is 2.19. The fraction of sp³-hybridized carbons (Fsp3) is 0.304. The van der Waals surface area contributed by atoms with E-state index in [9.17, 15) is 14.0 Å². The molecule has 8 heteroatoms. The fourth-order valence-electron chi connectivity index (χ4n) is 2.79. The zero-order chi connectivity index (χ0) is 23.0. The number of esters is 1. The number of nitrogens with one attached hydrogen (secondary N) is 1. The molecule has 0 fully saturated rings. The molecule has 0 heterocycles. The Balaban J connectivity index is 1.99. The Morgan fingerprint density at radius 2 is 1.55 bits per heavy atom. The fourth-order valence-corrected chi connectivity index (χ4v) is 2.79. The normalized spacial score (nSPS) is 12.7. The van der Waals surface area contributed by atoms with Gasteiger partial charge in [0.1, 0.15) is 5.82 Å². The lowest BCUT2D eigenvalue weighted by Gasteiger charge is -2.18. The van der Waals surface area contributed by atoms with Gasteiger partial charge in [-0.1, -0.05) is 12.1 Å². The van der Waals surface area contributed by atoms with Gasteiger partial charge in [0.15, 0.2) is 17.6 Å². The average Bonchev–Trinajstić information content (AvgIpc) is 2.76. The van der Waals surface area contributed by atoms with Crippen LogP contribution in [0.5, 0.6) is 17.2 Å². The summed E-state index contributed by atoms with van der Waals surface area (Å²) in [6.07, 6.45) is 1.70. The lowest BCUT2D eigenvalue weighted by Crippen LogP contribution is -2.37. The summed E-state index contributed by atoms with van der Waals surface area (Å²) in [4.78, 5) is 24.4. The third-order valence-electron chi connectivity index (χ3n) is 4.49. The lowest BCUT2D eigenvalue weighted by atomic mass is 10.1. The quantitative estimate of drug-likeness (QED) is 0.482. The average molecular weight is 431 g/mol. The first-order valence-electron chi connectivity index (χ1n) is 9.53. The molecule has 166 valence electrons. The van der Waals surface area contributed by atoms with Gasteiger partial charge in [0.25, 0.3) is 5.91 Å². The van der Waals surface area contributed by atoms with Crippen molar-refractivity contribution in [2.75, 3.05) is 21.3 Å². The van der Waals surface area contributed by atoms with Crippen LogP contribution in [0.1, 0.15) is 31.0 Å². The molecule has 0 bridgehead atoms. The van der Waals surface area contributed by atoms with Gasteiger partial charge in [-0.05, 0) is 55.3 Å². The third kappa shape index (κ3) is 6.47. The first kappa shape index (κ1) is 23.7. The molecular formula is C23H26FNO6. The molecule has 2 atom stereocenters. The molecule has 0 spiro atoms. The highest BCUT2D eigenvalue weighted by atomic mass is 19.1. The Hall–Kier alpha value is -3.55. The number of carbonyl (C=O) groups is 2. The lowest BCUT2D eigenvalue weighted by molar-refractivity contribution is -0.150. The molecule has 1 N–H and O–H groups in total. The summed E-state index contributed by atoms with van der Waals surface area (Å²) in [5.74, 6) is -0.194. The predicted octanol–water partition coefficient (Wildman–Crippen LogP) is 3.67. The SMILES string of the molecule is COc1cc(/C=C/C(=O)OC(C)C(=O)NC(C)c2ccc(F)cc2)cc(OC)c1OC. The zero-order valence-electron chi connectivity index (χ0n) is 18.1. The van der Waals surface area contributed by atoms with E-state index < -0.39 is 18.0 Å². The first-order chi connectivity index (χ1) is 14.8. The summed E-state index contributed by atoms with van der Waals surface area (Å²) >= 11 is 0. The molecular weight excluding hydrogens is 405 g/mol. The van der Waals surface area contributed by atoms with Gasteiger partial charge in [-0.25, -0.2) is 9.18 Å². The molecule has 2 aromatic carbocycles. The maximum Gasteiger partial charge on any atom is 0.331 e. The minimum atomic E-state index is -1.01. The summed E-state index contributed by atoms with van der Waals surface area (Å²) < 4.78 is 34.0. The molecule has 0 aliphatic carbocycles.